The first-order chi connectivity index (χ1) is 8.13. The average Bonchev–Trinajstić information content (AvgIpc) is 2.35. The zero-order chi connectivity index (χ0) is 12.8. The second-order valence-corrected chi connectivity index (χ2v) is 3.65. The number of ether oxygens (including phenoxy) is 2. The Morgan fingerprint density at radius 3 is 2.71 bits per heavy atom. The summed E-state index contributed by atoms with van der Waals surface area (Å²) >= 11 is 5.93. The van der Waals surface area contributed by atoms with Gasteiger partial charge in [-0.25, -0.2) is 4.68 Å². The van der Waals surface area contributed by atoms with Crippen molar-refractivity contribution < 1.29 is 9.47 Å². The van der Waals surface area contributed by atoms with Crippen molar-refractivity contribution in [1.29, 1.82) is 0 Å². The number of nitrogens with one attached hydrogen (secondary N) is 1. The first kappa shape index (κ1) is 14.0. The molecule has 0 spiro atoms. The number of methoxy groups -OCH3 is 2. The summed E-state index contributed by atoms with van der Waals surface area (Å²) in [6.07, 6.45) is 1.11. The highest BCUT2D eigenvalue weighted by Crippen LogP contribution is 2.15. The van der Waals surface area contributed by atoms with Crippen molar-refractivity contribution in [3.63, 3.8) is 0 Å². The summed E-state index contributed by atoms with van der Waals surface area (Å²) in [7, 11) is 3.07. The summed E-state index contributed by atoms with van der Waals surface area (Å²) in [5.41, 5.74) is 0.158. The minimum Gasteiger partial charge on any atom is -0.377 e. The van der Waals surface area contributed by atoms with E-state index in [9.17, 15) is 4.79 Å². The molecule has 0 atom stereocenters. The molecule has 1 aromatic rings. The van der Waals surface area contributed by atoms with E-state index in [1.165, 1.54) is 25.1 Å². The third kappa shape index (κ3) is 3.42. The zero-order valence-electron chi connectivity index (χ0n) is 10.1. The highest BCUT2D eigenvalue weighted by Gasteiger charge is 2.10. The van der Waals surface area contributed by atoms with Crippen LogP contribution in [0.2, 0.25) is 5.02 Å². The minimum atomic E-state index is -0.403. The van der Waals surface area contributed by atoms with E-state index in [2.05, 4.69) is 10.4 Å². The van der Waals surface area contributed by atoms with Crippen LogP contribution in [0.3, 0.4) is 0 Å². The van der Waals surface area contributed by atoms with Gasteiger partial charge in [-0.2, -0.15) is 5.10 Å². The predicted molar refractivity (Wildman–Crippen MR) is 65.5 cm³/mol. The maximum atomic E-state index is 11.7. The number of hydrogen-bond donors (Lipinski definition) is 1. The van der Waals surface area contributed by atoms with Gasteiger partial charge >= 0.3 is 0 Å². The standard InChI is InChI=1S/C10H16ClN3O3/c1-4-14-10(15)9(11)7(5-13-14)12-6-8(16-2)17-3/h5,8,12H,4,6H2,1-3H3. The van der Waals surface area contributed by atoms with Crippen molar-refractivity contribution in [2.45, 2.75) is 19.8 Å². The van der Waals surface area contributed by atoms with Crippen LogP contribution in [-0.4, -0.2) is 36.8 Å². The van der Waals surface area contributed by atoms with Gasteiger partial charge in [-0.1, -0.05) is 11.6 Å². The number of anilines is 1. The van der Waals surface area contributed by atoms with Crippen LogP contribution in [0.5, 0.6) is 0 Å². The Hall–Kier alpha value is -1.11. The van der Waals surface area contributed by atoms with Crippen LogP contribution in [0, 0.1) is 0 Å². The normalized spacial score (nSPS) is 10.9. The van der Waals surface area contributed by atoms with Crippen LogP contribution in [0.15, 0.2) is 11.0 Å². The summed E-state index contributed by atoms with van der Waals surface area (Å²) in [4.78, 5) is 11.7. The molecule has 0 fully saturated rings. The van der Waals surface area contributed by atoms with E-state index in [4.69, 9.17) is 21.1 Å². The third-order valence-corrected chi connectivity index (χ3v) is 2.63. The fourth-order valence-corrected chi connectivity index (χ4v) is 1.48. The van der Waals surface area contributed by atoms with Gasteiger partial charge in [-0.15, -0.1) is 0 Å². The van der Waals surface area contributed by atoms with E-state index in [1.54, 1.807) is 0 Å². The molecule has 96 valence electrons. The van der Waals surface area contributed by atoms with Crippen molar-refractivity contribution in [3.05, 3.63) is 21.6 Å². The topological polar surface area (TPSA) is 65.4 Å². The molecule has 0 aliphatic heterocycles. The Morgan fingerprint density at radius 1 is 1.53 bits per heavy atom. The maximum absolute atomic E-state index is 11.7. The van der Waals surface area contributed by atoms with E-state index in [-0.39, 0.29) is 10.6 Å². The molecule has 0 amide bonds. The number of aryl methyl sites for hydroxylation is 1. The fourth-order valence-electron chi connectivity index (χ4n) is 1.27. The number of nitrogens with zero attached hydrogens (tertiary/aromatic N) is 2. The van der Waals surface area contributed by atoms with Gasteiger partial charge in [0.15, 0.2) is 6.29 Å². The molecule has 0 aromatic carbocycles. The van der Waals surface area contributed by atoms with Crippen LogP contribution in [-0.2, 0) is 16.0 Å². The molecular formula is C10H16ClN3O3. The Morgan fingerprint density at radius 2 is 2.18 bits per heavy atom. The molecule has 0 bridgehead atoms. The quantitative estimate of drug-likeness (QED) is 0.773. The lowest BCUT2D eigenvalue weighted by Crippen LogP contribution is -2.27. The van der Waals surface area contributed by atoms with Crippen molar-refractivity contribution in [2.75, 3.05) is 26.1 Å². The lowest BCUT2D eigenvalue weighted by atomic mass is 10.4. The molecule has 1 N–H and O–H groups in total. The number of hydrogen-bond acceptors (Lipinski definition) is 5. The van der Waals surface area contributed by atoms with Gasteiger partial charge < -0.3 is 14.8 Å². The van der Waals surface area contributed by atoms with Crippen molar-refractivity contribution in [2.24, 2.45) is 0 Å². The summed E-state index contributed by atoms with van der Waals surface area (Å²) in [5.74, 6) is 0. The van der Waals surface area contributed by atoms with Crippen LogP contribution in [0.1, 0.15) is 6.92 Å². The van der Waals surface area contributed by atoms with Crippen molar-refractivity contribution >= 4 is 17.3 Å². The van der Waals surface area contributed by atoms with Crippen molar-refractivity contribution in [1.82, 2.24) is 9.78 Å². The van der Waals surface area contributed by atoms with Gasteiger partial charge in [-0.3, -0.25) is 4.79 Å². The molecule has 0 saturated carbocycles. The molecule has 1 rings (SSSR count). The predicted octanol–water partition coefficient (Wildman–Crippen LogP) is 0.947. The number of halogens is 1. The van der Waals surface area contributed by atoms with Gasteiger partial charge in [0.05, 0.1) is 18.4 Å². The van der Waals surface area contributed by atoms with E-state index in [0.29, 0.717) is 18.8 Å². The molecule has 7 heteroatoms. The maximum Gasteiger partial charge on any atom is 0.287 e. The van der Waals surface area contributed by atoms with Gasteiger partial charge in [-0.05, 0) is 6.92 Å². The fraction of sp³-hybridized carbons (Fsp3) is 0.600. The summed E-state index contributed by atoms with van der Waals surface area (Å²) in [5, 5.41) is 7.03. The molecule has 6 nitrogen and oxygen atoms in total. The smallest absolute Gasteiger partial charge is 0.287 e. The van der Waals surface area contributed by atoms with Gasteiger partial charge in [0.2, 0.25) is 0 Å². The van der Waals surface area contributed by atoms with E-state index < -0.39 is 6.29 Å². The lowest BCUT2D eigenvalue weighted by molar-refractivity contribution is -0.0914. The van der Waals surface area contributed by atoms with Gasteiger partial charge in [0.1, 0.15) is 5.02 Å². The van der Waals surface area contributed by atoms with Gasteiger partial charge in [0, 0.05) is 20.8 Å². The van der Waals surface area contributed by atoms with E-state index in [0.717, 1.165) is 0 Å². The molecule has 0 unspecified atom stereocenters. The minimum absolute atomic E-state index is 0.118. The highest BCUT2D eigenvalue weighted by atomic mass is 35.5. The van der Waals surface area contributed by atoms with Crippen LogP contribution >= 0.6 is 11.6 Å². The molecule has 0 radical (unpaired) electrons. The average molecular weight is 262 g/mol. The summed E-state index contributed by atoms with van der Waals surface area (Å²) in [6, 6.07) is 0. The summed E-state index contributed by atoms with van der Waals surface area (Å²) in [6.45, 7) is 2.69. The number of aromatic nitrogens is 2. The Balaban J connectivity index is 2.79. The van der Waals surface area contributed by atoms with Crippen LogP contribution in [0.25, 0.3) is 0 Å². The zero-order valence-corrected chi connectivity index (χ0v) is 10.8. The first-order valence-corrected chi connectivity index (χ1v) is 5.56. The lowest BCUT2D eigenvalue weighted by Gasteiger charge is -2.15. The molecule has 0 saturated heterocycles. The third-order valence-electron chi connectivity index (χ3n) is 2.27. The second kappa shape index (κ2) is 6.58. The molecule has 0 aliphatic carbocycles. The van der Waals surface area contributed by atoms with Gasteiger partial charge in [0.25, 0.3) is 5.56 Å². The largest absolute Gasteiger partial charge is 0.377 e. The van der Waals surface area contributed by atoms with Crippen LogP contribution < -0.4 is 10.9 Å². The first-order valence-electron chi connectivity index (χ1n) is 5.19. The van der Waals surface area contributed by atoms with E-state index >= 15 is 0 Å². The summed E-state index contributed by atoms with van der Waals surface area (Å²) < 4.78 is 11.3. The Bertz CT molecular complexity index is 418. The van der Waals surface area contributed by atoms with E-state index in [1.807, 2.05) is 6.92 Å². The molecular weight excluding hydrogens is 246 g/mol. The Kier molecular flexibility index (Phi) is 5.40. The SMILES string of the molecule is CCn1ncc(NCC(OC)OC)c(Cl)c1=O. The van der Waals surface area contributed by atoms with Crippen LogP contribution in [0.4, 0.5) is 5.69 Å². The molecule has 1 aromatic heterocycles. The molecule has 1 heterocycles. The Labute approximate surface area is 104 Å². The monoisotopic (exact) mass is 261 g/mol. The molecule has 0 aliphatic rings. The van der Waals surface area contributed by atoms with Crippen molar-refractivity contribution in [3.8, 4) is 0 Å². The highest BCUT2D eigenvalue weighted by molar-refractivity contribution is 6.32. The second-order valence-electron chi connectivity index (χ2n) is 3.28. The number of rotatable bonds is 6. The molecule has 17 heavy (non-hydrogen) atoms.